The quantitative estimate of drug-likeness (QED) is 0.859. The first-order valence-corrected chi connectivity index (χ1v) is 8.64. The summed E-state index contributed by atoms with van der Waals surface area (Å²) >= 11 is 0. The number of ether oxygens (including phenoxy) is 1. The first-order chi connectivity index (χ1) is 9.87. The number of carbonyl (C=O) groups excluding carboxylic acids is 1. The number of hydrogen-bond acceptors (Lipinski definition) is 5. The van der Waals surface area contributed by atoms with Gasteiger partial charge in [-0.25, -0.2) is 8.42 Å². The summed E-state index contributed by atoms with van der Waals surface area (Å²) in [6.45, 7) is 1.43. The third-order valence-electron chi connectivity index (χ3n) is 3.74. The van der Waals surface area contributed by atoms with Gasteiger partial charge in [-0.05, 0) is 44.1 Å². The number of rotatable bonds is 4. The van der Waals surface area contributed by atoms with E-state index in [2.05, 4.69) is 10.6 Å². The van der Waals surface area contributed by atoms with E-state index in [4.69, 9.17) is 4.74 Å². The summed E-state index contributed by atoms with van der Waals surface area (Å²) in [6.07, 6.45) is 2.31. The van der Waals surface area contributed by atoms with Gasteiger partial charge in [0, 0.05) is 19.1 Å². The molecule has 1 aromatic rings. The van der Waals surface area contributed by atoms with Gasteiger partial charge in [-0.2, -0.15) is 0 Å². The smallest absolute Gasteiger partial charge is 0.256 e. The lowest BCUT2D eigenvalue weighted by molar-refractivity contribution is -0.140. The van der Waals surface area contributed by atoms with E-state index in [1.807, 2.05) is 0 Å². The van der Waals surface area contributed by atoms with Gasteiger partial charge in [0.15, 0.2) is 9.84 Å². The summed E-state index contributed by atoms with van der Waals surface area (Å²) in [7, 11) is -1.77. The number of anilines is 1. The second kappa shape index (κ2) is 6.13. The molecule has 0 aromatic heterocycles. The molecule has 0 unspecified atom stereocenters. The maximum absolute atomic E-state index is 12.5. The lowest BCUT2D eigenvalue weighted by Gasteiger charge is -2.34. The molecule has 1 saturated heterocycles. The van der Waals surface area contributed by atoms with Gasteiger partial charge in [0.1, 0.15) is 5.60 Å². The summed E-state index contributed by atoms with van der Waals surface area (Å²) in [5.74, 6) is -0.239. The maximum Gasteiger partial charge on any atom is 0.256 e. The van der Waals surface area contributed by atoms with Gasteiger partial charge in [-0.1, -0.05) is 6.07 Å². The van der Waals surface area contributed by atoms with Crippen molar-refractivity contribution in [3.8, 4) is 0 Å². The van der Waals surface area contributed by atoms with Crippen molar-refractivity contribution in [1.29, 1.82) is 0 Å². The predicted octanol–water partition coefficient (Wildman–Crippen LogP) is 0.797. The van der Waals surface area contributed by atoms with Gasteiger partial charge >= 0.3 is 0 Å². The minimum atomic E-state index is -3.30. The minimum Gasteiger partial charge on any atom is -0.368 e. The molecule has 0 saturated carbocycles. The summed E-state index contributed by atoms with van der Waals surface area (Å²) in [5, 5.41) is 5.94. The Morgan fingerprint density at radius 3 is 2.57 bits per heavy atom. The molecule has 1 fully saturated rings. The number of methoxy groups -OCH3 is 1. The van der Waals surface area contributed by atoms with Crippen LogP contribution in [0.5, 0.6) is 0 Å². The SMILES string of the molecule is COC1(C(=O)Nc2cccc(S(C)(=O)=O)c2)CCNCC1. The average molecular weight is 312 g/mol. The van der Waals surface area contributed by atoms with Crippen molar-refractivity contribution >= 4 is 21.4 Å². The number of piperidine rings is 1. The maximum atomic E-state index is 12.5. The van der Waals surface area contributed by atoms with Crippen LogP contribution in [0, 0.1) is 0 Å². The highest BCUT2D eigenvalue weighted by atomic mass is 32.2. The minimum absolute atomic E-state index is 0.178. The third-order valence-corrected chi connectivity index (χ3v) is 4.85. The van der Waals surface area contributed by atoms with Crippen LogP contribution >= 0.6 is 0 Å². The van der Waals surface area contributed by atoms with Crippen LogP contribution in [0.3, 0.4) is 0 Å². The fourth-order valence-corrected chi connectivity index (χ4v) is 3.07. The van der Waals surface area contributed by atoms with Crippen LogP contribution in [-0.2, 0) is 19.4 Å². The number of sulfone groups is 1. The molecule has 6 nitrogen and oxygen atoms in total. The lowest BCUT2D eigenvalue weighted by atomic mass is 9.91. The Balaban J connectivity index is 2.19. The summed E-state index contributed by atoms with van der Waals surface area (Å²) in [4.78, 5) is 12.6. The van der Waals surface area contributed by atoms with Gasteiger partial charge < -0.3 is 15.4 Å². The van der Waals surface area contributed by atoms with Crippen molar-refractivity contribution in [2.75, 3.05) is 31.8 Å². The Morgan fingerprint density at radius 2 is 2.00 bits per heavy atom. The standard InChI is InChI=1S/C14H20N2O4S/c1-20-14(6-8-15-9-7-14)13(17)16-11-4-3-5-12(10-11)21(2,18)19/h3-5,10,15H,6-9H2,1-2H3,(H,16,17). The van der Waals surface area contributed by atoms with Crippen molar-refractivity contribution in [3.63, 3.8) is 0 Å². The van der Waals surface area contributed by atoms with Gasteiger partial charge in [-0.3, -0.25) is 4.79 Å². The zero-order valence-corrected chi connectivity index (χ0v) is 13.0. The predicted molar refractivity (Wildman–Crippen MR) is 80.0 cm³/mol. The molecule has 1 heterocycles. The number of benzene rings is 1. The molecule has 0 bridgehead atoms. The van der Waals surface area contributed by atoms with E-state index < -0.39 is 15.4 Å². The Bertz CT molecular complexity index is 622. The number of hydrogen-bond donors (Lipinski definition) is 2. The number of nitrogens with one attached hydrogen (secondary N) is 2. The van der Waals surface area contributed by atoms with E-state index in [0.717, 1.165) is 6.26 Å². The molecular formula is C14H20N2O4S. The molecule has 1 aliphatic heterocycles. The summed E-state index contributed by atoms with van der Waals surface area (Å²) < 4.78 is 28.5. The van der Waals surface area contributed by atoms with Crippen LogP contribution < -0.4 is 10.6 Å². The molecule has 2 rings (SSSR count). The van der Waals surface area contributed by atoms with Crippen molar-refractivity contribution in [1.82, 2.24) is 5.32 Å². The summed E-state index contributed by atoms with van der Waals surface area (Å²) in [6, 6.07) is 6.23. The molecule has 0 spiro atoms. The molecule has 1 aromatic carbocycles. The zero-order chi connectivity index (χ0) is 15.5. The molecule has 0 atom stereocenters. The summed E-state index contributed by atoms with van der Waals surface area (Å²) in [5.41, 5.74) is -0.398. The van der Waals surface area contributed by atoms with E-state index in [1.165, 1.54) is 19.2 Å². The van der Waals surface area contributed by atoms with Crippen LogP contribution in [0.2, 0.25) is 0 Å². The molecule has 1 aliphatic rings. The van der Waals surface area contributed by atoms with Crippen LogP contribution in [0.15, 0.2) is 29.2 Å². The van der Waals surface area contributed by atoms with Gasteiger partial charge in [0.05, 0.1) is 4.90 Å². The Labute approximate surface area is 124 Å². The van der Waals surface area contributed by atoms with Crippen molar-refractivity contribution < 1.29 is 17.9 Å². The topological polar surface area (TPSA) is 84.5 Å². The second-order valence-electron chi connectivity index (χ2n) is 5.20. The normalized spacial score (nSPS) is 18.2. The monoisotopic (exact) mass is 312 g/mol. The van der Waals surface area contributed by atoms with E-state index in [9.17, 15) is 13.2 Å². The molecule has 21 heavy (non-hydrogen) atoms. The highest BCUT2D eigenvalue weighted by molar-refractivity contribution is 7.90. The zero-order valence-electron chi connectivity index (χ0n) is 12.2. The van der Waals surface area contributed by atoms with Crippen molar-refractivity contribution in [2.24, 2.45) is 0 Å². The third kappa shape index (κ3) is 3.61. The van der Waals surface area contributed by atoms with Gasteiger partial charge in [-0.15, -0.1) is 0 Å². The molecular weight excluding hydrogens is 292 g/mol. The van der Waals surface area contributed by atoms with Crippen molar-refractivity contribution in [3.05, 3.63) is 24.3 Å². The highest BCUT2D eigenvalue weighted by Crippen LogP contribution is 2.25. The van der Waals surface area contributed by atoms with E-state index in [0.29, 0.717) is 31.6 Å². The Morgan fingerprint density at radius 1 is 1.33 bits per heavy atom. The van der Waals surface area contributed by atoms with E-state index in [-0.39, 0.29) is 10.8 Å². The van der Waals surface area contributed by atoms with Gasteiger partial charge in [0.2, 0.25) is 0 Å². The largest absolute Gasteiger partial charge is 0.368 e. The van der Waals surface area contributed by atoms with E-state index >= 15 is 0 Å². The van der Waals surface area contributed by atoms with Gasteiger partial charge in [0.25, 0.3) is 5.91 Å². The number of carbonyl (C=O) groups is 1. The second-order valence-corrected chi connectivity index (χ2v) is 7.22. The number of amides is 1. The first-order valence-electron chi connectivity index (χ1n) is 6.75. The van der Waals surface area contributed by atoms with Crippen LogP contribution in [0.4, 0.5) is 5.69 Å². The van der Waals surface area contributed by atoms with Crippen LogP contribution in [-0.4, -0.2) is 46.4 Å². The molecule has 1 amide bonds. The fourth-order valence-electron chi connectivity index (χ4n) is 2.40. The lowest BCUT2D eigenvalue weighted by Crippen LogP contribution is -2.51. The Kier molecular flexibility index (Phi) is 4.65. The average Bonchev–Trinajstić information content (AvgIpc) is 2.47. The molecule has 7 heteroatoms. The Hall–Kier alpha value is -1.44. The molecule has 116 valence electrons. The molecule has 0 aliphatic carbocycles. The fraction of sp³-hybridized carbons (Fsp3) is 0.500. The van der Waals surface area contributed by atoms with E-state index in [1.54, 1.807) is 12.1 Å². The molecule has 0 radical (unpaired) electrons. The van der Waals surface area contributed by atoms with Crippen LogP contribution in [0.1, 0.15) is 12.8 Å². The van der Waals surface area contributed by atoms with Crippen LogP contribution in [0.25, 0.3) is 0 Å². The van der Waals surface area contributed by atoms with Crippen molar-refractivity contribution in [2.45, 2.75) is 23.3 Å². The molecule has 2 N–H and O–H groups in total. The first kappa shape index (κ1) is 15.9. The highest BCUT2D eigenvalue weighted by Gasteiger charge is 2.39.